The summed E-state index contributed by atoms with van der Waals surface area (Å²) in [5, 5.41) is 13.2. The Morgan fingerprint density at radius 2 is 0.872 bits per heavy atom. The van der Waals surface area contributed by atoms with Gasteiger partial charge in [0.05, 0.1) is 17.9 Å². The van der Waals surface area contributed by atoms with Gasteiger partial charge in [0.25, 0.3) is 10.1 Å². The second-order valence-corrected chi connectivity index (χ2v) is 15.8. The van der Waals surface area contributed by atoms with Crippen molar-refractivity contribution in [3.63, 3.8) is 0 Å². The predicted octanol–water partition coefficient (Wildman–Crippen LogP) is 11.8. The quantitative estimate of drug-likeness (QED) is 0.0343. The van der Waals surface area contributed by atoms with Crippen molar-refractivity contribution in [2.45, 2.75) is 231 Å². The van der Waals surface area contributed by atoms with Gasteiger partial charge in [-0.3, -0.25) is 9.35 Å². The summed E-state index contributed by atoms with van der Waals surface area (Å²) in [5.41, 5.74) is 0. The van der Waals surface area contributed by atoms with Crippen molar-refractivity contribution in [3.05, 3.63) is 12.2 Å². The van der Waals surface area contributed by atoms with Gasteiger partial charge in [0, 0.05) is 6.42 Å². The smallest absolute Gasteiger partial charge is 0.267 e. The zero-order chi connectivity index (χ0) is 34.7. The van der Waals surface area contributed by atoms with Crippen LogP contribution in [-0.2, 0) is 14.9 Å². The maximum Gasteiger partial charge on any atom is 0.267 e. The van der Waals surface area contributed by atoms with Gasteiger partial charge in [0.1, 0.15) is 0 Å². The van der Waals surface area contributed by atoms with Crippen molar-refractivity contribution in [1.82, 2.24) is 5.32 Å². The normalized spacial score (nSPS) is 13.4. The minimum absolute atomic E-state index is 0.275. The van der Waals surface area contributed by atoms with Crippen molar-refractivity contribution in [2.75, 3.05) is 5.75 Å². The Morgan fingerprint density at radius 3 is 1.21 bits per heavy atom. The zero-order valence-corrected chi connectivity index (χ0v) is 32.0. The Kier molecular flexibility index (Phi) is 34.2. The van der Waals surface area contributed by atoms with E-state index < -0.39 is 28.0 Å². The SMILES string of the molecule is CCCCCCCCCCCCCCCC/C=C/C(O)C(CS(=O)(=O)O)NC(=O)CCCCCCCCCCCCCCCCCC. The Morgan fingerprint density at radius 1 is 0.553 bits per heavy atom. The van der Waals surface area contributed by atoms with Crippen LogP contribution in [0.4, 0.5) is 0 Å². The summed E-state index contributed by atoms with van der Waals surface area (Å²) >= 11 is 0. The van der Waals surface area contributed by atoms with E-state index in [2.05, 4.69) is 19.2 Å². The Labute approximate surface area is 292 Å². The molecular weight excluding hydrogens is 607 g/mol. The third-order valence-corrected chi connectivity index (χ3v) is 10.2. The maximum absolute atomic E-state index is 12.5. The first-order valence-electron chi connectivity index (χ1n) is 20.4. The molecule has 0 saturated carbocycles. The van der Waals surface area contributed by atoms with E-state index in [9.17, 15) is 22.9 Å². The number of hydrogen-bond acceptors (Lipinski definition) is 4. The van der Waals surface area contributed by atoms with Crippen LogP contribution in [-0.4, -0.2) is 41.9 Å². The molecular formula is C40H79NO5S. The second kappa shape index (κ2) is 34.9. The van der Waals surface area contributed by atoms with Crippen LogP contribution in [0.5, 0.6) is 0 Å². The number of unbranched alkanes of at least 4 members (excludes halogenated alkanes) is 29. The van der Waals surface area contributed by atoms with Gasteiger partial charge < -0.3 is 10.4 Å². The molecule has 0 rings (SSSR count). The van der Waals surface area contributed by atoms with Crippen LogP contribution in [0.15, 0.2) is 12.2 Å². The van der Waals surface area contributed by atoms with E-state index in [4.69, 9.17) is 0 Å². The van der Waals surface area contributed by atoms with Crippen LogP contribution in [0.3, 0.4) is 0 Å². The van der Waals surface area contributed by atoms with Crippen molar-refractivity contribution >= 4 is 16.0 Å². The van der Waals surface area contributed by atoms with Crippen LogP contribution in [0.25, 0.3) is 0 Å². The maximum atomic E-state index is 12.5. The standard InChI is InChI=1S/C40H79NO5S/c1-3-5-7-9-11-13-15-17-19-21-23-25-27-29-31-33-35-39(42)38(37-47(44,45)46)41-40(43)36-34-32-30-28-26-24-22-20-18-16-14-12-10-8-6-4-2/h33,35,38-39,42H,3-32,34,36-37H2,1-2H3,(H,41,43)(H,44,45,46)/b35-33+. The van der Waals surface area contributed by atoms with E-state index in [1.54, 1.807) is 6.08 Å². The third kappa shape index (κ3) is 36.2. The average Bonchev–Trinajstić information content (AvgIpc) is 3.03. The molecule has 7 heteroatoms. The summed E-state index contributed by atoms with van der Waals surface area (Å²) in [5.74, 6) is -0.967. The monoisotopic (exact) mass is 686 g/mol. The molecule has 0 saturated heterocycles. The summed E-state index contributed by atoms with van der Waals surface area (Å²) in [6, 6.07) is -1.05. The lowest BCUT2D eigenvalue weighted by atomic mass is 10.0. The number of aliphatic hydroxyl groups excluding tert-OH is 1. The number of allylic oxidation sites excluding steroid dienone is 1. The molecule has 6 nitrogen and oxygen atoms in total. The van der Waals surface area contributed by atoms with Crippen molar-refractivity contribution < 1.29 is 22.9 Å². The highest BCUT2D eigenvalue weighted by atomic mass is 32.2. The van der Waals surface area contributed by atoms with Crippen LogP contribution in [0, 0.1) is 0 Å². The lowest BCUT2D eigenvalue weighted by Gasteiger charge is -2.21. The molecule has 0 aliphatic rings. The molecule has 0 bridgehead atoms. The van der Waals surface area contributed by atoms with E-state index in [0.717, 1.165) is 38.5 Å². The molecule has 0 aromatic heterocycles. The van der Waals surface area contributed by atoms with Gasteiger partial charge in [-0.2, -0.15) is 8.42 Å². The van der Waals surface area contributed by atoms with Crippen LogP contribution < -0.4 is 5.32 Å². The molecule has 280 valence electrons. The zero-order valence-electron chi connectivity index (χ0n) is 31.2. The van der Waals surface area contributed by atoms with E-state index in [1.165, 1.54) is 161 Å². The minimum Gasteiger partial charge on any atom is -0.387 e. The summed E-state index contributed by atoms with van der Waals surface area (Å²) in [6.45, 7) is 4.53. The molecule has 2 unspecified atom stereocenters. The van der Waals surface area contributed by atoms with Crippen molar-refractivity contribution in [2.24, 2.45) is 0 Å². The third-order valence-electron chi connectivity index (χ3n) is 9.46. The minimum atomic E-state index is -4.34. The lowest BCUT2D eigenvalue weighted by Crippen LogP contribution is -2.46. The number of hydrogen-bond donors (Lipinski definition) is 3. The lowest BCUT2D eigenvalue weighted by molar-refractivity contribution is -0.122. The topological polar surface area (TPSA) is 104 Å². The molecule has 0 aliphatic heterocycles. The average molecular weight is 686 g/mol. The van der Waals surface area contributed by atoms with Crippen molar-refractivity contribution in [1.29, 1.82) is 0 Å². The predicted molar refractivity (Wildman–Crippen MR) is 203 cm³/mol. The molecule has 0 aromatic carbocycles. The first kappa shape index (κ1) is 46.1. The van der Waals surface area contributed by atoms with Gasteiger partial charge in [-0.1, -0.05) is 206 Å². The molecule has 0 spiro atoms. The van der Waals surface area contributed by atoms with Gasteiger partial charge in [-0.05, 0) is 19.3 Å². The van der Waals surface area contributed by atoms with E-state index in [-0.39, 0.29) is 5.91 Å². The van der Waals surface area contributed by atoms with Crippen LogP contribution in [0.2, 0.25) is 0 Å². The Bertz CT molecular complexity index is 800. The fourth-order valence-corrected chi connectivity index (χ4v) is 7.13. The van der Waals surface area contributed by atoms with Crippen LogP contribution in [0.1, 0.15) is 219 Å². The van der Waals surface area contributed by atoms with Gasteiger partial charge in [-0.15, -0.1) is 0 Å². The van der Waals surface area contributed by atoms with Crippen LogP contribution >= 0.6 is 0 Å². The fourth-order valence-electron chi connectivity index (χ4n) is 6.39. The molecule has 0 radical (unpaired) electrons. The number of aliphatic hydroxyl groups is 1. The molecule has 1 amide bonds. The molecule has 0 heterocycles. The number of nitrogens with one attached hydrogen (secondary N) is 1. The first-order chi connectivity index (χ1) is 22.8. The summed E-state index contributed by atoms with van der Waals surface area (Å²) < 4.78 is 32.4. The first-order valence-corrected chi connectivity index (χ1v) is 22.0. The summed E-state index contributed by atoms with van der Waals surface area (Å²) in [6.07, 6.45) is 41.9. The van der Waals surface area contributed by atoms with Gasteiger partial charge in [0.2, 0.25) is 5.91 Å². The Hall–Kier alpha value is -0.920. The van der Waals surface area contributed by atoms with Gasteiger partial charge >= 0.3 is 0 Å². The van der Waals surface area contributed by atoms with E-state index in [1.807, 2.05) is 6.08 Å². The largest absolute Gasteiger partial charge is 0.387 e. The highest BCUT2D eigenvalue weighted by Crippen LogP contribution is 2.15. The second-order valence-electron chi connectivity index (χ2n) is 14.3. The number of amides is 1. The van der Waals surface area contributed by atoms with E-state index >= 15 is 0 Å². The van der Waals surface area contributed by atoms with Gasteiger partial charge in [-0.25, -0.2) is 0 Å². The van der Waals surface area contributed by atoms with Crippen molar-refractivity contribution in [3.8, 4) is 0 Å². The Balaban J connectivity index is 3.90. The number of rotatable bonds is 37. The molecule has 0 fully saturated rings. The molecule has 3 N–H and O–H groups in total. The summed E-state index contributed by atoms with van der Waals surface area (Å²) in [4.78, 5) is 12.5. The molecule has 0 aliphatic carbocycles. The fraction of sp³-hybridized carbons (Fsp3) is 0.925. The van der Waals surface area contributed by atoms with Gasteiger partial charge in [0.15, 0.2) is 0 Å². The highest BCUT2D eigenvalue weighted by Gasteiger charge is 2.24. The number of carbonyl (C=O) groups is 1. The number of carbonyl (C=O) groups excluding carboxylic acids is 1. The summed E-state index contributed by atoms with van der Waals surface area (Å²) in [7, 11) is -4.34. The molecule has 47 heavy (non-hydrogen) atoms. The molecule has 2 atom stereocenters. The molecule has 0 aromatic rings. The highest BCUT2D eigenvalue weighted by molar-refractivity contribution is 7.85. The van der Waals surface area contributed by atoms with E-state index in [0.29, 0.717) is 6.42 Å².